The monoisotopic (exact) mass is 466 g/mol. The van der Waals surface area contributed by atoms with Gasteiger partial charge >= 0.3 is 0 Å². The van der Waals surface area contributed by atoms with Crippen molar-refractivity contribution < 1.29 is 23.4 Å². The molecule has 5 heteroatoms. The zero-order chi connectivity index (χ0) is 24.0. The Bertz CT molecular complexity index is 1410. The first-order valence-electron chi connectivity index (χ1n) is 11.4. The SMILES string of the molecule is COc1ccc(-c2cc3ccc(OCc4ccccc4)cc3o2)c(OC)c1OCc1ccccc1. The molecule has 0 fully saturated rings. The lowest BCUT2D eigenvalue weighted by molar-refractivity contribution is 0.266. The van der Waals surface area contributed by atoms with Crippen LogP contribution in [0.4, 0.5) is 0 Å². The molecular weight excluding hydrogens is 440 g/mol. The van der Waals surface area contributed by atoms with Gasteiger partial charge in [-0.25, -0.2) is 0 Å². The molecule has 0 N–H and O–H groups in total. The molecule has 0 atom stereocenters. The molecule has 1 heterocycles. The van der Waals surface area contributed by atoms with Crippen LogP contribution in [0.2, 0.25) is 0 Å². The molecule has 1 aromatic heterocycles. The van der Waals surface area contributed by atoms with Crippen molar-refractivity contribution in [3.63, 3.8) is 0 Å². The quantitative estimate of drug-likeness (QED) is 0.229. The Hall–Kier alpha value is -4.38. The number of fused-ring (bicyclic) bond motifs is 1. The topological polar surface area (TPSA) is 50.1 Å². The molecule has 0 radical (unpaired) electrons. The van der Waals surface area contributed by atoms with Gasteiger partial charge < -0.3 is 23.4 Å². The lowest BCUT2D eigenvalue weighted by Gasteiger charge is -2.16. The van der Waals surface area contributed by atoms with E-state index in [1.807, 2.05) is 97.1 Å². The largest absolute Gasteiger partial charge is 0.493 e. The summed E-state index contributed by atoms with van der Waals surface area (Å²) >= 11 is 0. The smallest absolute Gasteiger partial charge is 0.204 e. The molecule has 0 amide bonds. The summed E-state index contributed by atoms with van der Waals surface area (Å²) in [4.78, 5) is 0. The lowest BCUT2D eigenvalue weighted by Crippen LogP contribution is -2.01. The van der Waals surface area contributed by atoms with E-state index in [2.05, 4.69) is 0 Å². The molecule has 5 aromatic rings. The summed E-state index contributed by atoms with van der Waals surface area (Å²) in [6.45, 7) is 0.883. The number of benzene rings is 4. The minimum atomic E-state index is 0.388. The summed E-state index contributed by atoms with van der Waals surface area (Å²) in [6, 6.07) is 31.6. The van der Waals surface area contributed by atoms with Gasteiger partial charge in [0.15, 0.2) is 11.5 Å². The van der Waals surface area contributed by atoms with Crippen molar-refractivity contribution in [2.45, 2.75) is 13.2 Å². The van der Waals surface area contributed by atoms with Gasteiger partial charge in [-0.2, -0.15) is 0 Å². The van der Waals surface area contributed by atoms with E-state index in [1.165, 1.54) is 0 Å². The normalized spacial score (nSPS) is 10.8. The summed E-state index contributed by atoms with van der Waals surface area (Å²) < 4.78 is 29.7. The van der Waals surface area contributed by atoms with Gasteiger partial charge in [0.2, 0.25) is 5.75 Å². The van der Waals surface area contributed by atoms with E-state index < -0.39 is 0 Å². The van der Waals surface area contributed by atoms with Gasteiger partial charge in [0, 0.05) is 11.5 Å². The van der Waals surface area contributed by atoms with Crippen molar-refractivity contribution in [1.82, 2.24) is 0 Å². The molecule has 35 heavy (non-hydrogen) atoms. The average molecular weight is 467 g/mol. The van der Waals surface area contributed by atoms with E-state index in [0.29, 0.717) is 36.2 Å². The molecule has 176 valence electrons. The molecule has 0 saturated heterocycles. The summed E-state index contributed by atoms with van der Waals surface area (Å²) in [6.07, 6.45) is 0. The molecule has 5 nitrogen and oxygen atoms in total. The lowest BCUT2D eigenvalue weighted by atomic mass is 10.1. The van der Waals surface area contributed by atoms with Crippen LogP contribution in [0.15, 0.2) is 101 Å². The van der Waals surface area contributed by atoms with E-state index in [4.69, 9.17) is 23.4 Å². The third-order valence-corrected chi connectivity index (χ3v) is 5.73. The molecule has 5 rings (SSSR count). The predicted octanol–water partition coefficient (Wildman–Crippen LogP) is 7.28. The van der Waals surface area contributed by atoms with E-state index >= 15 is 0 Å². The fourth-order valence-electron chi connectivity index (χ4n) is 3.94. The Kier molecular flexibility index (Phi) is 6.57. The number of methoxy groups -OCH3 is 2. The van der Waals surface area contributed by atoms with Crippen molar-refractivity contribution in [2.24, 2.45) is 0 Å². The molecule has 0 unspecified atom stereocenters. The maximum atomic E-state index is 6.22. The zero-order valence-electron chi connectivity index (χ0n) is 19.7. The Labute approximate surface area is 204 Å². The molecular formula is C30H26O5. The highest BCUT2D eigenvalue weighted by molar-refractivity contribution is 5.86. The van der Waals surface area contributed by atoms with E-state index in [0.717, 1.165) is 33.4 Å². The maximum absolute atomic E-state index is 6.22. The van der Waals surface area contributed by atoms with Crippen LogP contribution in [-0.4, -0.2) is 14.2 Å². The number of rotatable bonds is 9. The van der Waals surface area contributed by atoms with Gasteiger partial charge in [0.25, 0.3) is 0 Å². The highest BCUT2D eigenvalue weighted by Gasteiger charge is 2.20. The van der Waals surface area contributed by atoms with Gasteiger partial charge in [0.1, 0.15) is 30.3 Å². The summed E-state index contributed by atoms with van der Waals surface area (Å²) in [5, 5.41) is 0.969. The average Bonchev–Trinajstić information content (AvgIpc) is 3.34. The number of hydrogen-bond donors (Lipinski definition) is 0. The number of furan rings is 1. The summed E-state index contributed by atoms with van der Waals surface area (Å²) in [7, 11) is 3.23. The van der Waals surface area contributed by atoms with E-state index in [9.17, 15) is 0 Å². The van der Waals surface area contributed by atoms with Crippen LogP contribution in [0.1, 0.15) is 11.1 Å². The first-order chi connectivity index (χ1) is 17.2. The van der Waals surface area contributed by atoms with Crippen LogP contribution in [-0.2, 0) is 13.2 Å². The van der Waals surface area contributed by atoms with Crippen molar-refractivity contribution in [2.75, 3.05) is 14.2 Å². The fraction of sp³-hybridized carbons (Fsp3) is 0.133. The first kappa shape index (κ1) is 22.4. The van der Waals surface area contributed by atoms with Crippen LogP contribution in [0.5, 0.6) is 23.0 Å². The van der Waals surface area contributed by atoms with Crippen molar-refractivity contribution in [3.05, 3.63) is 108 Å². The fourth-order valence-corrected chi connectivity index (χ4v) is 3.94. The van der Waals surface area contributed by atoms with Crippen LogP contribution in [0.25, 0.3) is 22.3 Å². The van der Waals surface area contributed by atoms with Gasteiger partial charge in [0.05, 0.1) is 19.8 Å². The summed E-state index contributed by atoms with van der Waals surface area (Å²) in [5.74, 6) is 3.10. The second-order valence-electron chi connectivity index (χ2n) is 8.04. The maximum Gasteiger partial charge on any atom is 0.204 e. The predicted molar refractivity (Wildman–Crippen MR) is 136 cm³/mol. The van der Waals surface area contributed by atoms with Gasteiger partial charge in [-0.3, -0.25) is 0 Å². The second kappa shape index (κ2) is 10.3. The Balaban J connectivity index is 1.44. The Morgan fingerprint density at radius 3 is 1.97 bits per heavy atom. The number of hydrogen-bond acceptors (Lipinski definition) is 5. The molecule has 0 spiro atoms. The standard InChI is InChI=1S/C30H26O5/c1-31-26-16-15-25(29(32-2)30(26)34-20-22-11-7-4-8-12-22)28-17-23-13-14-24(18-27(23)35-28)33-19-21-9-5-3-6-10-21/h3-18H,19-20H2,1-2H3. The molecule has 0 aliphatic rings. The van der Waals surface area contributed by atoms with Crippen molar-refractivity contribution in [1.29, 1.82) is 0 Å². The minimum absolute atomic E-state index is 0.388. The van der Waals surface area contributed by atoms with Gasteiger partial charge in [-0.15, -0.1) is 0 Å². The van der Waals surface area contributed by atoms with Crippen molar-refractivity contribution in [3.8, 4) is 34.3 Å². The van der Waals surface area contributed by atoms with Crippen LogP contribution >= 0.6 is 0 Å². The Morgan fingerprint density at radius 1 is 0.629 bits per heavy atom. The van der Waals surface area contributed by atoms with Crippen LogP contribution in [0, 0.1) is 0 Å². The molecule has 4 aromatic carbocycles. The molecule has 0 aliphatic heterocycles. The van der Waals surface area contributed by atoms with Gasteiger partial charge in [-0.1, -0.05) is 60.7 Å². The highest BCUT2D eigenvalue weighted by Crippen LogP contribution is 2.46. The zero-order valence-corrected chi connectivity index (χ0v) is 19.7. The molecule has 0 saturated carbocycles. The first-order valence-corrected chi connectivity index (χ1v) is 11.4. The highest BCUT2D eigenvalue weighted by atomic mass is 16.5. The third kappa shape index (κ3) is 4.94. The molecule has 0 aliphatic carbocycles. The van der Waals surface area contributed by atoms with Gasteiger partial charge in [-0.05, 0) is 41.5 Å². The van der Waals surface area contributed by atoms with Crippen LogP contribution in [0.3, 0.4) is 0 Å². The third-order valence-electron chi connectivity index (χ3n) is 5.73. The number of ether oxygens (including phenoxy) is 4. The van der Waals surface area contributed by atoms with Crippen molar-refractivity contribution >= 4 is 11.0 Å². The van der Waals surface area contributed by atoms with Crippen LogP contribution < -0.4 is 18.9 Å². The minimum Gasteiger partial charge on any atom is -0.493 e. The summed E-state index contributed by atoms with van der Waals surface area (Å²) in [5.41, 5.74) is 3.67. The second-order valence-corrected chi connectivity index (χ2v) is 8.04. The molecule has 0 bridgehead atoms. The van der Waals surface area contributed by atoms with E-state index in [1.54, 1.807) is 14.2 Å². The van der Waals surface area contributed by atoms with E-state index in [-0.39, 0.29) is 0 Å². The Morgan fingerprint density at radius 2 is 1.31 bits per heavy atom.